The summed E-state index contributed by atoms with van der Waals surface area (Å²) in [6.07, 6.45) is 1.38. The van der Waals surface area contributed by atoms with Crippen LogP contribution in [0.4, 0.5) is 19.4 Å². The van der Waals surface area contributed by atoms with Gasteiger partial charge in [0.25, 0.3) is 6.43 Å². The van der Waals surface area contributed by atoms with Crippen molar-refractivity contribution in [3.8, 4) is 5.75 Å². The molecule has 2 amide bonds. The van der Waals surface area contributed by atoms with E-state index in [0.29, 0.717) is 18.9 Å². The zero-order valence-corrected chi connectivity index (χ0v) is 23.2. The number of aromatic nitrogens is 3. The third kappa shape index (κ3) is 7.65. The van der Waals surface area contributed by atoms with E-state index in [4.69, 9.17) is 8.71 Å². The van der Waals surface area contributed by atoms with Crippen molar-refractivity contribution in [2.75, 3.05) is 25.5 Å². The first-order valence-corrected chi connectivity index (χ1v) is 12.1. The summed E-state index contributed by atoms with van der Waals surface area (Å²) in [5.74, 6) is 0.529. The molecule has 0 spiro atoms. The fraction of sp³-hybridized carbons (Fsp3) is 0.588. The minimum absolute atomic E-state index is 0. The largest absolute Gasteiger partial charge is 0.406 e. The molecule has 1 unspecified atom stereocenters. The highest BCUT2D eigenvalue weighted by molar-refractivity contribution is 7.92. The van der Waals surface area contributed by atoms with Crippen molar-refractivity contribution in [2.24, 2.45) is 5.92 Å². The third-order valence-electron chi connectivity index (χ3n) is 5.94. The van der Waals surface area contributed by atoms with Gasteiger partial charge in [-0.05, 0) is 18.8 Å². The quantitative estimate of drug-likeness (QED) is 0.212. The molecule has 0 saturated carbocycles. The van der Waals surface area contributed by atoms with Gasteiger partial charge < -0.3 is 18.7 Å². The molecule has 3 rings (SSSR count). The molecule has 0 aliphatic carbocycles. The number of hydrogen-bond acceptors (Lipinski definition) is 8. The summed E-state index contributed by atoms with van der Waals surface area (Å²) in [5, 5.41) is 20.2. The van der Waals surface area contributed by atoms with Crippen LogP contribution in [0.3, 0.4) is 0 Å². The molecule has 0 radical (unpaired) electrons. The summed E-state index contributed by atoms with van der Waals surface area (Å²) in [7, 11) is 11.1. The van der Waals surface area contributed by atoms with E-state index in [2.05, 4.69) is 39.1 Å². The number of alkyl halides is 2. The van der Waals surface area contributed by atoms with E-state index in [1.54, 1.807) is 11.0 Å². The van der Waals surface area contributed by atoms with Gasteiger partial charge in [-0.25, -0.2) is 17.9 Å². The summed E-state index contributed by atoms with van der Waals surface area (Å²) >= 11 is 0.977. The topological polar surface area (TPSA) is 109 Å². The van der Waals surface area contributed by atoms with Gasteiger partial charge in [-0.2, -0.15) is 18.6 Å². The Hall–Kier alpha value is -1.71. The van der Waals surface area contributed by atoms with E-state index >= 15 is 0 Å². The zero-order chi connectivity index (χ0) is 26.0. The summed E-state index contributed by atoms with van der Waals surface area (Å²) in [6, 6.07) is 1.39. The maximum atomic E-state index is 13.5. The van der Waals surface area contributed by atoms with Gasteiger partial charge in [0.1, 0.15) is 18.5 Å². The van der Waals surface area contributed by atoms with E-state index in [-0.39, 0.29) is 42.3 Å². The lowest BCUT2D eigenvalue weighted by Crippen LogP contribution is -2.50. The maximum Gasteiger partial charge on any atom is 0.323 e. The first-order chi connectivity index (χ1) is 16.3. The molecule has 1 aliphatic heterocycles. The minimum atomic E-state index is -2.84. The average Bonchev–Trinajstić information content (AvgIpc) is 3.41. The number of amides is 2. The van der Waals surface area contributed by atoms with Crippen molar-refractivity contribution in [1.82, 2.24) is 24.1 Å². The van der Waals surface area contributed by atoms with Crippen LogP contribution in [0.15, 0.2) is 23.0 Å². The van der Waals surface area contributed by atoms with E-state index in [0.717, 1.165) is 29.8 Å². The average molecular weight is 540 g/mol. The smallest absolute Gasteiger partial charge is 0.323 e. The number of carbonyl (C=O) groups is 1. The number of anilines is 1. The van der Waals surface area contributed by atoms with E-state index in [9.17, 15) is 18.7 Å². The molecule has 1 saturated heterocycles. The Morgan fingerprint density at radius 3 is 2.47 bits per heavy atom. The highest BCUT2D eigenvalue weighted by atomic mass is 32.2. The van der Waals surface area contributed by atoms with Gasteiger partial charge >= 0.3 is 6.03 Å². The molecule has 1 fully saturated rings. The predicted molar refractivity (Wildman–Crippen MR) is 153 cm³/mol. The van der Waals surface area contributed by atoms with Crippen LogP contribution in [-0.2, 0) is 5.52 Å². The van der Waals surface area contributed by atoms with Gasteiger partial charge in [0.15, 0.2) is 33.0 Å². The molecule has 2 aromatic rings. The molecular weight excluding hydrogens is 508 g/mol. The van der Waals surface area contributed by atoms with Crippen molar-refractivity contribution in [3.05, 3.63) is 24.2 Å². The Morgan fingerprint density at radius 2 is 1.97 bits per heavy atom. The number of aliphatic hydroxyl groups is 1. The second-order valence-corrected chi connectivity index (χ2v) is 11.2. The molecule has 2 aromatic heterocycles. The van der Waals surface area contributed by atoms with Crippen molar-refractivity contribution < 1.29 is 27.4 Å². The lowest BCUT2D eigenvalue weighted by molar-refractivity contribution is 0.116. The summed E-state index contributed by atoms with van der Waals surface area (Å²) in [6.45, 7) is 1.16. The fourth-order valence-electron chi connectivity index (χ4n) is 4.45. The first-order valence-electron chi connectivity index (χ1n) is 11.4. The number of rotatable bonds is 9. The second kappa shape index (κ2) is 12.2. The molecule has 10 nitrogen and oxygen atoms in total. The first kappa shape index (κ1) is 30.5. The van der Waals surface area contributed by atoms with Gasteiger partial charge in [0, 0.05) is 32.2 Å². The number of piperidine rings is 1. The second-order valence-electron chi connectivity index (χ2n) is 10.3. The van der Waals surface area contributed by atoms with Gasteiger partial charge in [-0.1, -0.05) is 10.3 Å². The van der Waals surface area contributed by atoms with Crippen molar-refractivity contribution >= 4 is 76.8 Å². The molecule has 0 aromatic carbocycles. The van der Waals surface area contributed by atoms with Gasteiger partial charge in [0.05, 0.1) is 35.3 Å². The summed E-state index contributed by atoms with van der Waals surface area (Å²) < 4.78 is 40.5. The minimum Gasteiger partial charge on any atom is -0.406 e. The van der Waals surface area contributed by atoms with Crippen LogP contribution in [0, 0.1) is 5.92 Å². The molecule has 3 heterocycles. The molecule has 19 heteroatoms. The maximum absolute atomic E-state index is 13.5. The van der Waals surface area contributed by atoms with E-state index in [1.807, 2.05) is 11.4 Å². The molecule has 194 valence electrons. The Labute approximate surface area is 225 Å². The molecule has 36 heavy (non-hydrogen) atoms. The third-order valence-corrected chi connectivity index (χ3v) is 6.66. The van der Waals surface area contributed by atoms with Crippen LogP contribution in [0.1, 0.15) is 25.0 Å². The number of likely N-dealkylation sites (tertiary alicyclic amines) is 1. The van der Waals surface area contributed by atoms with Crippen molar-refractivity contribution in [1.29, 1.82) is 0 Å². The number of nitrogens with zero attached hydrogens (tertiary/aromatic N) is 5. The predicted octanol–water partition coefficient (Wildman–Crippen LogP) is -2.09. The molecule has 0 bridgehead atoms. The number of halogens is 2. The van der Waals surface area contributed by atoms with E-state index < -0.39 is 17.6 Å². The van der Waals surface area contributed by atoms with Crippen LogP contribution in [0.5, 0.6) is 5.75 Å². The Morgan fingerprint density at radius 1 is 1.33 bits per heavy atom. The number of carbonyl (C=O) groups excluding carboxylic acids is 1. The van der Waals surface area contributed by atoms with Crippen LogP contribution in [0.2, 0.25) is 5.11 Å². The SMILES string of the molecule is BC(B)(B)C(C1CCN(C(=O)Nc2ccon2)CC1)N(C)SOc1cn(C(B)(B)O)nc1C(F)F.S. The highest BCUT2D eigenvalue weighted by Gasteiger charge is 2.38. The summed E-state index contributed by atoms with van der Waals surface area (Å²) in [5.41, 5.74) is -1.96. The molecular formula is C17H31B5F2N6O4S2. The van der Waals surface area contributed by atoms with Gasteiger partial charge in [0.2, 0.25) is 0 Å². The number of nitrogens with one attached hydrogen (secondary N) is 1. The Bertz CT molecular complexity index is 987. The van der Waals surface area contributed by atoms with Crippen molar-refractivity contribution in [3.63, 3.8) is 0 Å². The normalized spacial score (nSPS) is 16.1. The van der Waals surface area contributed by atoms with Crippen LogP contribution >= 0.6 is 25.7 Å². The van der Waals surface area contributed by atoms with Gasteiger partial charge in [-0.3, -0.25) is 10.00 Å². The Kier molecular flexibility index (Phi) is 10.4. The fourth-order valence-corrected chi connectivity index (χ4v) is 5.35. The molecule has 1 aliphatic rings. The lowest BCUT2D eigenvalue weighted by atomic mass is 9.38. The van der Waals surface area contributed by atoms with Crippen molar-refractivity contribution in [2.45, 2.75) is 35.9 Å². The van der Waals surface area contributed by atoms with Crippen LogP contribution in [-0.4, -0.2) is 101 Å². The zero-order valence-electron chi connectivity index (χ0n) is 21.4. The highest BCUT2D eigenvalue weighted by Crippen LogP contribution is 2.38. The molecule has 2 N–H and O–H groups in total. The van der Waals surface area contributed by atoms with Crippen LogP contribution in [0.25, 0.3) is 0 Å². The summed E-state index contributed by atoms with van der Waals surface area (Å²) in [4.78, 5) is 14.2. The monoisotopic (exact) mass is 540 g/mol. The van der Waals surface area contributed by atoms with Crippen LogP contribution < -0.4 is 9.50 Å². The number of urea groups is 1. The molecule has 1 atom stereocenters. The Balaban J connectivity index is 0.00000456. The van der Waals surface area contributed by atoms with Gasteiger partial charge in [-0.15, -0.1) is 0 Å². The standard InChI is InChI=1S/C17H29B5F2N6O4S.H2S/c1-28(35-34-10-8-30(17(21,22)32)26-12(10)14(23)24)13(16(18,19)20)9-2-5-29(6-3-9)15(31)25-11-4-7-33-27-11;/h4,7-9,13-14,32H,2-3,5-6,18-22H2,1H3,(H,25,27,31);1H2. The van der Waals surface area contributed by atoms with E-state index in [1.165, 1.54) is 28.2 Å². The number of hydrogen-bond donors (Lipinski definition) is 2. The lowest BCUT2D eigenvalue weighted by Gasteiger charge is -2.45.